The lowest BCUT2D eigenvalue weighted by Gasteiger charge is -2.21. The Balaban J connectivity index is 2.18. The van der Waals surface area contributed by atoms with Crippen LogP contribution in [-0.4, -0.2) is 30.4 Å². The minimum absolute atomic E-state index is 0.0447. The topological polar surface area (TPSA) is 32.3 Å². The lowest BCUT2D eigenvalue weighted by molar-refractivity contribution is -0.110. The number of hydrogen-bond donors (Lipinski definition) is 1. The number of amides is 1. The molecule has 22 heavy (non-hydrogen) atoms. The summed E-state index contributed by atoms with van der Waals surface area (Å²) in [6, 6.07) is 6.22. The van der Waals surface area contributed by atoms with E-state index in [0.29, 0.717) is 0 Å². The first-order valence-electron chi connectivity index (χ1n) is 8.57. The van der Waals surface area contributed by atoms with Crippen molar-refractivity contribution in [1.82, 2.24) is 4.90 Å². The normalized spacial score (nSPS) is 15.5. The van der Waals surface area contributed by atoms with Crippen LogP contribution in [0.3, 0.4) is 0 Å². The van der Waals surface area contributed by atoms with Crippen molar-refractivity contribution in [2.75, 3.05) is 25.0 Å². The van der Waals surface area contributed by atoms with Crippen molar-refractivity contribution < 1.29 is 4.79 Å². The molecule has 1 aromatic carbocycles. The van der Waals surface area contributed by atoms with Gasteiger partial charge in [0.15, 0.2) is 0 Å². The van der Waals surface area contributed by atoms with Gasteiger partial charge in [-0.1, -0.05) is 39.0 Å². The average Bonchev–Trinajstić information content (AvgIpc) is 2.82. The molecule has 0 fully saturated rings. The second kappa shape index (κ2) is 8.14. The number of nitrogens with one attached hydrogen (secondary N) is 1. The highest BCUT2D eigenvalue weighted by Crippen LogP contribution is 2.35. The van der Waals surface area contributed by atoms with E-state index >= 15 is 0 Å². The van der Waals surface area contributed by atoms with Crippen molar-refractivity contribution in [3.05, 3.63) is 35.4 Å². The number of benzene rings is 1. The number of nitrogens with zero attached hydrogens (tertiary/aromatic N) is 1. The Kier molecular flexibility index (Phi) is 6.20. The smallest absolute Gasteiger partial charge is 0.256 e. The molecule has 0 radical (unpaired) electrons. The summed E-state index contributed by atoms with van der Waals surface area (Å²) >= 11 is 0. The molecule has 0 spiro atoms. The molecule has 0 unspecified atom stereocenters. The molecule has 0 bridgehead atoms. The molecule has 120 valence electrons. The summed E-state index contributed by atoms with van der Waals surface area (Å²) in [5, 5.41) is 2.99. The van der Waals surface area contributed by atoms with Gasteiger partial charge in [-0.05, 0) is 50.4 Å². The number of carbonyl (C=O) groups excluding carboxylic acids is 1. The van der Waals surface area contributed by atoms with Crippen LogP contribution >= 0.6 is 0 Å². The van der Waals surface area contributed by atoms with Gasteiger partial charge in [0.1, 0.15) is 0 Å². The van der Waals surface area contributed by atoms with Crippen molar-refractivity contribution in [3.8, 4) is 0 Å². The monoisotopic (exact) mass is 300 g/mol. The highest BCUT2D eigenvalue weighted by atomic mass is 16.2. The van der Waals surface area contributed by atoms with E-state index in [0.717, 1.165) is 49.3 Å². The number of rotatable bonds is 8. The second-order valence-electron chi connectivity index (χ2n) is 5.91. The molecule has 1 heterocycles. The summed E-state index contributed by atoms with van der Waals surface area (Å²) in [6.07, 6.45) is 6.30. The van der Waals surface area contributed by atoms with Crippen LogP contribution in [-0.2, 0) is 11.2 Å². The summed E-state index contributed by atoms with van der Waals surface area (Å²) in [5.41, 5.74) is 4.24. The number of anilines is 1. The van der Waals surface area contributed by atoms with Gasteiger partial charge in [0, 0.05) is 23.4 Å². The number of carbonyl (C=O) groups is 1. The first-order chi connectivity index (χ1) is 10.7. The van der Waals surface area contributed by atoms with Crippen molar-refractivity contribution in [2.24, 2.45) is 0 Å². The van der Waals surface area contributed by atoms with Crippen LogP contribution in [0.4, 0.5) is 5.69 Å². The summed E-state index contributed by atoms with van der Waals surface area (Å²) in [6.45, 7) is 9.90. The molecule has 3 nitrogen and oxygen atoms in total. The van der Waals surface area contributed by atoms with Crippen molar-refractivity contribution in [3.63, 3.8) is 0 Å². The van der Waals surface area contributed by atoms with E-state index in [-0.39, 0.29) is 5.91 Å². The lowest BCUT2D eigenvalue weighted by atomic mass is 9.97. The van der Waals surface area contributed by atoms with E-state index in [2.05, 4.69) is 37.1 Å². The Morgan fingerprint density at radius 1 is 1.09 bits per heavy atom. The van der Waals surface area contributed by atoms with Crippen molar-refractivity contribution in [1.29, 1.82) is 0 Å². The van der Waals surface area contributed by atoms with E-state index in [4.69, 9.17) is 0 Å². The fraction of sp³-hybridized carbons (Fsp3) is 0.526. The Morgan fingerprint density at radius 2 is 1.82 bits per heavy atom. The third-order valence-corrected chi connectivity index (χ3v) is 4.10. The second-order valence-corrected chi connectivity index (χ2v) is 5.91. The Morgan fingerprint density at radius 3 is 2.45 bits per heavy atom. The van der Waals surface area contributed by atoms with Crippen LogP contribution in [0.15, 0.2) is 24.3 Å². The van der Waals surface area contributed by atoms with Crippen molar-refractivity contribution in [2.45, 2.75) is 46.5 Å². The van der Waals surface area contributed by atoms with E-state index < -0.39 is 0 Å². The molecule has 3 heteroatoms. The van der Waals surface area contributed by atoms with E-state index in [1.54, 1.807) is 0 Å². The van der Waals surface area contributed by atoms with Gasteiger partial charge in [0.2, 0.25) is 0 Å². The van der Waals surface area contributed by atoms with E-state index in [9.17, 15) is 4.79 Å². The molecule has 1 N–H and O–H groups in total. The van der Waals surface area contributed by atoms with Gasteiger partial charge < -0.3 is 10.2 Å². The molecule has 1 aliphatic heterocycles. The predicted molar refractivity (Wildman–Crippen MR) is 94.1 cm³/mol. The number of allylic oxidation sites excluding steroid dienone is 1. The minimum atomic E-state index is 0.0447. The first kappa shape index (κ1) is 16.8. The molecule has 0 saturated carbocycles. The van der Waals surface area contributed by atoms with Crippen LogP contribution < -0.4 is 5.32 Å². The van der Waals surface area contributed by atoms with Crippen LogP contribution in [0.2, 0.25) is 0 Å². The fourth-order valence-electron chi connectivity index (χ4n) is 3.18. The predicted octanol–water partition coefficient (Wildman–Crippen LogP) is 4.10. The molecule has 1 aromatic rings. The maximum absolute atomic E-state index is 12.1. The fourth-order valence-corrected chi connectivity index (χ4v) is 3.18. The number of hydrogen-bond acceptors (Lipinski definition) is 2. The summed E-state index contributed by atoms with van der Waals surface area (Å²) < 4.78 is 0. The Labute approximate surface area is 134 Å². The molecule has 1 amide bonds. The molecule has 1 aliphatic rings. The highest BCUT2D eigenvalue weighted by molar-refractivity contribution is 6.31. The van der Waals surface area contributed by atoms with Crippen molar-refractivity contribution >= 4 is 17.2 Å². The Bertz CT molecular complexity index is 542. The third kappa shape index (κ3) is 3.77. The van der Waals surface area contributed by atoms with Crippen LogP contribution in [0, 0.1) is 0 Å². The van der Waals surface area contributed by atoms with Gasteiger partial charge >= 0.3 is 0 Å². The highest BCUT2D eigenvalue weighted by Gasteiger charge is 2.26. The molecular formula is C19H28N2O. The first-order valence-corrected chi connectivity index (χ1v) is 8.57. The van der Waals surface area contributed by atoms with Gasteiger partial charge in [0.25, 0.3) is 5.91 Å². The zero-order chi connectivity index (χ0) is 15.9. The van der Waals surface area contributed by atoms with Gasteiger partial charge in [-0.2, -0.15) is 0 Å². The summed E-state index contributed by atoms with van der Waals surface area (Å²) in [7, 11) is 0. The standard InChI is InChI=1S/C19H28N2O/c1-4-8-16-18-15(9-7-10-17(18)20-19(16)22)11-14-21(12-5-2)13-6-3/h7-10H,4-6,11-14H2,1-3H3,(H,20,22)/b16-8-. The zero-order valence-corrected chi connectivity index (χ0v) is 14.1. The van der Waals surface area contributed by atoms with Crippen LogP contribution in [0.25, 0.3) is 5.57 Å². The van der Waals surface area contributed by atoms with Gasteiger partial charge in [-0.3, -0.25) is 4.79 Å². The SMILES string of the molecule is CC/C=C1\C(=O)Nc2cccc(CCN(CCC)CCC)c21. The van der Waals surface area contributed by atoms with Crippen LogP contribution in [0.5, 0.6) is 0 Å². The molecular weight excluding hydrogens is 272 g/mol. The maximum atomic E-state index is 12.1. The summed E-state index contributed by atoms with van der Waals surface area (Å²) in [4.78, 5) is 14.6. The quantitative estimate of drug-likeness (QED) is 0.733. The van der Waals surface area contributed by atoms with Crippen LogP contribution in [0.1, 0.15) is 51.2 Å². The van der Waals surface area contributed by atoms with E-state index in [1.165, 1.54) is 18.4 Å². The largest absolute Gasteiger partial charge is 0.321 e. The molecule has 0 aliphatic carbocycles. The number of fused-ring (bicyclic) bond motifs is 1. The maximum Gasteiger partial charge on any atom is 0.256 e. The average molecular weight is 300 g/mol. The Hall–Kier alpha value is -1.61. The van der Waals surface area contributed by atoms with E-state index in [1.807, 2.05) is 18.2 Å². The molecule has 0 atom stereocenters. The van der Waals surface area contributed by atoms with Gasteiger partial charge in [-0.25, -0.2) is 0 Å². The zero-order valence-electron chi connectivity index (χ0n) is 14.1. The molecule has 0 aromatic heterocycles. The molecule has 2 rings (SSSR count). The molecule has 0 saturated heterocycles. The van der Waals surface area contributed by atoms with Gasteiger partial charge in [-0.15, -0.1) is 0 Å². The van der Waals surface area contributed by atoms with Gasteiger partial charge in [0.05, 0.1) is 0 Å². The summed E-state index contributed by atoms with van der Waals surface area (Å²) in [5.74, 6) is 0.0447. The minimum Gasteiger partial charge on any atom is -0.321 e. The lowest BCUT2D eigenvalue weighted by Crippen LogP contribution is -2.28. The third-order valence-electron chi connectivity index (χ3n) is 4.10.